The first-order valence-corrected chi connectivity index (χ1v) is 8.24. The molecular weight excluding hydrogens is 313 g/mol. The maximum atomic E-state index is 13.3. The average Bonchev–Trinajstić information content (AvgIpc) is 3.01. The van der Waals surface area contributed by atoms with E-state index >= 15 is 0 Å². The third-order valence-electron chi connectivity index (χ3n) is 4.27. The van der Waals surface area contributed by atoms with Crippen LogP contribution in [0.25, 0.3) is 16.9 Å². The van der Waals surface area contributed by atoms with Gasteiger partial charge in [0.1, 0.15) is 23.0 Å². The zero-order chi connectivity index (χ0) is 17.2. The van der Waals surface area contributed by atoms with Gasteiger partial charge in [-0.2, -0.15) is 0 Å². The van der Waals surface area contributed by atoms with E-state index in [9.17, 15) is 4.39 Å². The number of benzene rings is 2. The van der Waals surface area contributed by atoms with E-state index < -0.39 is 0 Å². The predicted octanol–water partition coefficient (Wildman–Crippen LogP) is 5.06. The summed E-state index contributed by atoms with van der Waals surface area (Å²) in [5, 5.41) is 3.50. The first-order valence-electron chi connectivity index (χ1n) is 8.24. The van der Waals surface area contributed by atoms with E-state index in [0.717, 1.165) is 28.3 Å². The Kier molecular flexibility index (Phi) is 3.94. The number of nitrogens with zero attached hydrogens (tertiary/aromatic N) is 2. The molecule has 0 saturated heterocycles. The van der Waals surface area contributed by atoms with E-state index in [0.29, 0.717) is 6.54 Å². The molecule has 0 aliphatic heterocycles. The van der Waals surface area contributed by atoms with Crippen LogP contribution in [0, 0.1) is 12.7 Å². The number of nitrogens with one attached hydrogen (secondary N) is 1. The molecule has 4 aromatic rings. The smallest absolute Gasteiger partial charge is 0.142 e. The van der Waals surface area contributed by atoms with E-state index in [1.165, 1.54) is 17.7 Å². The van der Waals surface area contributed by atoms with Gasteiger partial charge in [-0.1, -0.05) is 36.4 Å². The molecule has 25 heavy (non-hydrogen) atoms. The number of hydrogen-bond donors (Lipinski definition) is 1. The number of halogens is 1. The summed E-state index contributed by atoms with van der Waals surface area (Å²) >= 11 is 0. The first kappa shape index (κ1) is 15.4. The van der Waals surface area contributed by atoms with Gasteiger partial charge in [0.05, 0.1) is 0 Å². The molecule has 2 aromatic carbocycles. The van der Waals surface area contributed by atoms with Crippen molar-refractivity contribution in [3.05, 3.63) is 89.9 Å². The van der Waals surface area contributed by atoms with Gasteiger partial charge in [-0.3, -0.25) is 4.40 Å². The lowest BCUT2D eigenvalue weighted by Crippen LogP contribution is -2.03. The second kappa shape index (κ2) is 6.40. The second-order valence-electron chi connectivity index (χ2n) is 6.04. The molecule has 4 heteroatoms. The number of imidazole rings is 1. The fraction of sp³-hybridized carbons (Fsp3) is 0.0952. The highest BCUT2D eigenvalue weighted by Crippen LogP contribution is 2.30. The topological polar surface area (TPSA) is 29.3 Å². The molecule has 0 atom stereocenters. The van der Waals surface area contributed by atoms with Gasteiger partial charge in [-0.25, -0.2) is 9.37 Å². The van der Waals surface area contributed by atoms with E-state index in [2.05, 4.69) is 21.9 Å². The van der Waals surface area contributed by atoms with Crippen LogP contribution >= 0.6 is 0 Å². The van der Waals surface area contributed by atoms with Gasteiger partial charge >= 0.3 is 0 Å². The Balaban J connectivity index is 1.80. The third kappa shape index (κ3) is 2.98. The van der Waals surface area contributed by atoms with Crippen molar-refractivity contribution in [2.24, 2.45) is 0 Å². The molecule has 0 fully saturated rings. The molecule has 0 bridgehead atoms. The monoisotopic (exact) mass is 331 g/mol. The fourth-order valence-corrected chi connectivity index (χ4v) is 2.96. The maximum Gasteiger partial charge on any atom is 0.142 e. The summed E-state index contributed by atoms with van der Waals surface area (Å²) in [6.45, 7) is 2.73. The third-order valence-corrected chi connectivity index (χ3v) is 4.27. The summed E-state index contributed by atoms with van der Waals surface area (Å²) in [5.41, 5.74) is 4.90. The molecule has 0 radical (unpaired) electrons. The average molecular weight is 331 g/mol. The number of fused-ring (bicyclic) bond motifs is 1. The molecule has 4 rings (SSSR count). The van der Waals surface area contributed by atoms with Crippen molar-refractivity contribution in [1.29, 1.82) is 0 Å². The van der Waals surface area contributed by atoms with Gasteiger partial charge in [-0.05, 0) is 48.4 Å². The molecular formula is C21H18FN3. The van der Waals surface area contributed by atoms with E-state index in [1.54, 1.807) is 12.1 Å². The molecule has 0 unspecified atom stereocenters. The number of rotatable bonds is 4. The Morgan fingerprint density at radius 3 is 2.48 bits per heavy atom. The predicted molar refractivity (Wildman–Crippen MR) is 99.1 cm³/mol. The maximum absolute atomic E-state index is 13.3. The van der Waals surface area contributed by atoms with Crippen LogP contribution in [0.3, 0.4) is 0 Å². The van der Waals surface area contributed by atoms with Crippen LogP contribution in [0.4, 0.5) is 10.2 Å². The lowest BCUT2D eigenvalue weighted by Gasteiger charge is -2.09. The fourth-order valence-electron chi connectivity index (χ4n) is 2.96. The minimum Gasteiger partial charge on any atom is -0.365 e. The van der Waals surface area contributed by atoms with Gasteiger partial charge in [0, 0.05) is 18.3 Å². The zero-order valence-corrected chi connectivity index (χ0v) is 13.9. The van der Waals surface area contributed by atoms with Crippen molar-refractivity contribution < 1.29 is 4.39 Å². The highest BCUT2D eigenvalue weighted by Gasteiger charge is 2.15. The normalized spacial score (nSPS) is 11.0. The Hall–Kier alpha value is -3.14. The summed E-state index contributed by atoms with van der Waals surface area (Å²) in [7, 11) is 0. The molecule has 0 saturated carbocycles. The SMILES string of the molecule is Cc1cccn2c(NCc3ccccc3)c(-c3ccc(F)cc3)nc12. The Morgan fingerprint density at radius 1 is 0.960 bits per heavy atom. The first-order chi connectivity index (χ1) is 12.2. The van der Waals surface area contributed by atoms with Gasteiger partial charge < -0.3 is 5.32 Å². The summed E-state index contributed by atoms with van der Waals surface area (Å²) in [6.07, 6.45) is 2.00. The number of pyridine rings is 1. The Morgan fingerprint density at radius 2 is 1.72 bits per heavy atom. The molecule has 0 spiro atoms. The van der Waals surface area contributed by atoms with Crippen molar-refractivity contribution in [3.63, 3.8) is 0 Å². The quantitative estimate of drug-likeness (QED) is 0.566. The number of hydrogen-bond acceptors (Lipinski definition) is 2. The molecule has 2 heterocycles. The molecule has 0 amide bonds. The van der Waals surface area contributed by atoms with Crippen LogP contribution in [-0.2, 0) is 6.54 Å². The lowest BCUT2D eigenvalue weighted by molar-refractivity contribution is 0.628. The second-order valence-corrected chi connectivity index (χ2v) is 6.04. The van der Waals surface area contributed by atoms with Crippen molar-refractivity contribution in [3.8, 4) is 11.3 Å². The van der Waals surface area contributed by atoms with E-state index in [-0.39, 0.29) is 5.82 Å². The minimum atomic E-state index is -0.248. The molecule has 0 aliphatic carbocycles. The van der Waals surface area contributed by atoms with Crippen LogP contribution < -0.4 is 5.32 Å². The van der Waals surface area contributed by atoms with Crippen LogP contribution in [0.5, 0.6) is 0 Å². The molecule has 2 aromatic heterocycles. The molecule has 1 N–H and O–H groups in total. The van der Waals surface area contributed by atoms with Crippen molar-refractivity contribution in [2.45, 2.75) is 13.5 Å². The van der Waals surface area contributed by atoms with Gasteiger partial charge in [0.15, 0.2) is 0 Å². The zero-order valence-electron chi connectivity index (χ0n) is 13.9. The standard InChI is InChI=1S/C21H18FN3/c1-15-6-5-13-25-20(15)24-19(17-9-11-18(22)12-10-17)21(25)23-14-16-7-3-2-4-8-16/h2-13,23H,14H2,1H3. The summed E-state index contributed by atoms with van der Waals surface area (Å²) < 4.78 is 15.4. The van der Waals surface area contributed by atoms with Gasteiger partial charge in [0.25, 0.3) is 0 Å². The van der Waals surface area contributed by atoms with Crippen LogP contribution in [0.15, 0.2) is 72.9 Å². The number of aromatic nitrogens is 2. The molecule has 124 valence electrons. The largest absolute Gasteiger partial charge is 0.365 e. The number of anilines is 1. The molecule has 3 nitrogen and oxygen atoms in total. The highest BCUT2D eigenvalue weighted by molar-refractivity contribution is 5.77. The Bertz CT molecular complexity index is 1000. The van der Waals surface area contributed by atoms with Gasteiger partial charge in [0.2, 0.25) is 0 Å². The molecule has 0 aliphatic rings. The van der Waals surface area contributed by atoms with E-state index in [4.69, 9.17) is 4.98 Å². The summed E-state index contributed by atoms with van der Waals surface area (Å²) in [6, 6.07) is 20.7. The van der Waals surface area contributed by atoms with Crippen molar-refractivity contribution >= 4 is 11.5 Å². The van der Waals surface area contributed by atoms with Crippen LogP contribution in [0.1, 0.15) is 11.1 Å². The van der Waals surface area contributed by atoms with E-state index in [1.807, 2.05) is 43.5 Å². The minimum absolute atomic E-state index is 0.248. The van der Waals surface area contributed by atoms with Crippen LogP contribution in [-0.4, -0.2) is 9.38 Å². The van der Waals surface area contributed by atoms with Crippen molar-refractivity contribution in [2.75, 3.05) is 5.32 Å². The highest BCUT2D eigenvalue weighted by atomic mass is 19.1. The number of aryl methyl sites for hydroxylation is 1. The lowest BCUT2D eigenvalue weighted by atomic mass is 10.1. The summed E-state index contributed by atoms with van der Waals surface area (Å²) in [5.74, 6) is 0.664. The summed E-state index contributed by atoms with van der Waals surface area (Å²) in [4.78, 5) is 4.80. The Labute approximate surface area is 145 Å². The van der Waals surface area contributed by atoms with Gasteiger partial charge in [-0.15, -0.1) is 0 Å². The van der Waals surface area contributed by atoms with Crippen molar-refractivity contribution in [1.82, 2.24) is 9.38 Å². The van der Waals surface area contributed by atoms with Crippen LogP contribution in [0.2, 0.25) is 0 Å².